The Labute approximate surface area is 175 Å². The van der Waals surface area contributed by atoms with Crippen molar-refractivity contribution < 1.29 is 14.6 Å². The van der Waals surface area contributed by atoms with Gasteiger partial charge < -0.3 is 19.5 Å². The third kappa shape index (κ3) is 3.48. The van der Waals surface area contributed by atoms with Gasteiger partial charge in [-0.3, -0.25) is 0 Å². The summed E-state index contributed by atoms with van der Waals surface area (Å²) in [5.74, 6) is 2.97. The molecule has 0 radical (unpaired) electrons. The number of aromatic nitrogens is 3. The lowest BCUT2D eigenvalue weighted by molar-refractivity contribution is 0.0986. The average Bonchev–Trinajstić information content (AvgIpc) is 3.63. The SMILES string of the molecule is COc1ccc(-c2ccc3c(N4CCOC[C@@H]4C)nc(C4CC4)nc3n2)cc1CO. The van der Waals surface area contributed by atoms with E-state index in [0.29, 0.717) is 24.9 Å². The maximum atomic E-state index is 9.67. The monoisotopic (exact) mass is 406 g/mol. The van der Waals surface area contributed by atoms with E-state index in [1.54, 1.807) is 7.11 Å². The topological polar surface area (TPSA) is 80.6 Å². The molecule has 0 unspecified atom stereocenters. The second-order valence-corrected chi connectivity index (χ2v) is 8.05. The Balaban J connectivity index is 1.62. The Morgan fingerprint density at radius 2 is 2.03 bits per heavy atom. The van der Waals surface area contributed by atoms with Crippen LogP contribution in [0.2, 0.25) is 0 Å². The van der Waals surface area contributed by atoms with Crippen LogP contribution in [0.15, 0.2) is 30.3 Å². The predicted molar refractivity (Wildman–Crippen MR) is 115 cm³/mol. The Kier molecular flexibility index (Phi) is 5.00. The van der Waals surface area contributed by atoms with Crippen LogP contribution in [-0.4, -0.2) is 53.0 Å². The molecule has 2 fully saturated rings. The van der Waals surface area contributed by atoms with Crippen molar-refractivity contribution >= 4 is 16.9 Å². The molecule has 5 rings (SSSR count). The first kappa shape index (κ1) is 19.2. The summed E-state index contributed by atoms with van der Waals surface area (Å²) in [6.07, 6.45) is 2.28. The van der Waals surface area contributed by atoms with Crippen LogP contribution in [0.1, 0.15) is 37.1 Å². The van der Waals surface area contributed by atoms with Crippen molar-refractivity contribution in [2.24, 2.45) is 0 Å². The number of nitrogens with zero attached hydrogens (tertiary/aromatic N) is 4. The van der Waals surface area contributed by atoms with Crippen molar-refractivity contribution in [3.8, 4) is 17.0 Å². The molecule has 156 valence electrons. The third-order valence-corrected chi connectivity index (χ3v) is 5.89. The zero-order valence-corrected chi connectivity index (χ0v) is 17.3. The average molecular weight is 406 g/mol. The first-order chi connectivity index (χ1) is 14.7. The number of rotatable bonds is 5. The van der Waals surface area contributed by atoms with E-state index in [1.807, 2.05) is 24.3 Å². The summed E-state index contributed by atoms with van der Waals surface area (Å²) in [6.45, 7) is 4.30. The van der Waals surface area contributed by atoms with Crippen LogP contribution >= 0.6 is 0 Å². The van der Waals surface area contributed by atoms with E-state index in [9.17, 15) is 5.11 Å². The molecule has 1 aliphatic carbocycles. The molecule has 1 aromatic carbocycles. The highest BCUT2D eigenvalue weighted by molar-refractivity contribution is 5.89. The lowest BCUT2D eigenvalue weighted by Gasteiger charge is -2.35. The highest BCUT2D eigenvalue weighted by Gasteiger charge is 2.30. The Morgan fingerprint density at radius 1 is 1.17 bits per heavy atom. The van der Waals surface area contributed by atoms with Crippen LogP contribution in [0.3, 0.4) is 0 Å². The lowest BCUT2D eigenvalue weighted by Crippen LogP contribution is -2.44. The maximum Gasteiger partial charge on any atom is 0.165 e. The number of pyridine rings is 1. The molecule has 1 aliphatic heterocycles. The fourth-order valence-corrected chi connectivity index (χ4v) is 4.02. The second kappa shape index (κ2) is 7.81. The maximum absolute atomic E-state index is 9.67. The molecule has 3 aromatic rings. The van der Waals surface area contributed by atoms with Crippen LogP contribution in [0.5, 0.6) is 5.75 Å². The van der Waals surface area contributed by atoms with Crippen LogP contribution in [0, 0.1) is 0 Å². The predicted octanol–water partition coefficient (Wildman–Crippen LogP) is 3.30. The van der Waals surface area contributed by atoms with Gasteiger partial charge in [0.15, 0.2) is 5.65 Å². The quantitative estimate of drug-likeness (QED) is 0.696. The van der Waals surface area contributed by atoms with Crippen molar-refractivity contribution in [2.75, 3.05) is 31.8 Å². The number of anilines is 1. The summed E-state index contributed by atoms with van der Waals surface area (Å²) in [5.41, 5.74) is 3.21. The van der Waals surface area contributed by atoms with Gasteiger partial charge in [0, 0.05) is 23.6 Å². The fraction of sp³-hybridized carbons (Fsp3) is 0.435. The van der Waals surface area contributed by atoms with Crippen LogP contribution < -0.4 is 9.64 Å². The fourth-order valence-electron chi connectivity index (χ4n) is 4.02. The van der Waals surface area contributed by atoms with Gasteiger partial charge in [0.25, 0.3) is 0 Å². The molecule has 0 spiro atoms. The number of fused-ring (bicyclic) bond motifs is 1. The highest BCUT2D eigenvalue weighted by Crippen LogP contribution is 2.40. The van der Waals surface area contributed by atoms with Crippen LogP contribution in [0.4, 0.5) is 5.82 Å². The van der Waals surface area contributed by atoms with Gasteiger partial charge in [-0.2, -0.15) is 0 Å². The number of benzene rings is 1. The minimum atomic E-state index is -0.0857. The van der Waals surface area contributed by atoms with Gasteiger partial charge in [-0.15, -0.1) is 0 Å². The van der Waals surface area contributed by atoms with E-state index in [4.69, 9.17) is 24.4 Å². The minimum absolute atomic E-state index is 0.0857. The lowest BCUT2D eigenvalue weighted by atomic mass is 10.1. The molecule has 7 heteroatoms. The standard InChI is InChI=1S/C23H26N4O3/c1-14-13-30-10-9-27(14)23-18-6-7-19(16-5-8-20(29-2)17(11-16)12-28)24-22(18)25-21(26-23)15-3-4-15/h5-8,11,14-15,28H,3-4,9-10,12-13H2,1-2H3/t14-/m0/s1. The van der Waals surface area contributed by atoms with Crippen LogP contribution in [-0.2, 0) is 11.3 Å². The number of methoxy groups -OCH3 is 1. The molecule has 1 saturated carbocycles. The number of ether oxygens (including phenoxy) is 2. The summed E-state index contributed by atoms with van der Waals surface area (Å²) >= 11 is 0. The van der Waals surface area contributed by atoms with Crippen molar-refractivity contribution in [3.05, 3.63) is 41.7 Å². The van der Waals surface area contributed by atoms with Crippen molar-refractivity contribution in [3.63, 3.8) is 0 Å². The number of hydrogen-bond acceptors (Lipinski definition) is 7. The minimum Gasteiger partial charge on any atom is -0.496 e. The smallest absolute Gasteiger partial charge is 0.165 e. The molecule has 1 saturated heterocycles. The van der Waals surface area contributed by atoms with Gasteiger partial charge in [0.2, 0.25) is 0 Å². The third-order valence-electron chi connectivity index (χ3n) is 5.89. The summed E-state index contributed by atoms with van der Waals surface area (Å²) in [4.78, 5) is 17.0. The molecule has 3 heterocycles. The summed E-state index contributed by atoms with van der Waals surface area (Å²) in [6, 6.07) is 10.1. The Bertz CT molecular complexity index is 1080. The molecule has 2 aliphatic rings. The zero-order valence-electron chi connectivity index (χ0n) is 17.3. The van der Waals surface area contributed by atoms with Crippen molar-refractivity contribution in [2.45, 2.75) is 38.3 Å². The zero-order chi connectivity index (χ0) is 20.7. The van der Waals surface area contributed by atoms with E-state index >= 15 is 0 Å². The van der Waals surface area contributed by atoms with E-state index in [1.165, 1.54) is 0 Å². The highest BCUT2D eigenvalue weighted by atomic mass is 16.5. The largest absolute Gasteiger partial charge is 0.496 e. The first-order valence-corrected chi connectivity index (χ1v) is 10.5. The molecule has 30 heavy (non-hydrogen) atoms. The molecule has 1 N–H and O–H groups in total. The number of morpholine rings is 1. The normalized spacial score (nSPS) is 19.3. The van der Waals surface area contributed by atoms with Crippen molar-refractivity contribution in [1.82, 2.24) is 15.0 Å². The first-order valence-electron chi connectivity index (χ1n) is 10.5. The Hall–Kier alpha value is -2.77. The number of aliphatic hydroxyl groups is 1. The van der Waals surface area contributed by atoms with Crippen molar-refractivity contribution in [1.29, 1.82) is 0 Å². The van der Waals surface area contributed by atoms with E-state index in [2.05, 4.69) is 17.9 Å². The Morgan fingerprint density at radius 3 is 2.77 bits per heavy atom. The number of hydrogen-bond donors (Lipinski definition) is 1. The van der Waals surface area contributed by atoms with Gasteiger partial charge in [-0.05, 0) is 50.1 Å². The molecule has 0 bridgehead atoms. The molecule has 2 aromatic heterocycles. The number of aliphatic hydroxyl groups excluding tert-OH is 1. The summed E-state index contributed by atoms with van der Waals surface area (Å²) in [5, 5.41) is 10.6. The van der Waals surface area contributed by atoms with E-state index < -0.39 is 0 Å². The molecule has 0 amide bonds. The van der Waals surface area contributed by atoms with Gasteiger partial charge >= 0.3 is 0 Å². The summed E-state index contributed by atoms with van der Waals surface area (Å²) in [7, 11) is 1.60. The van der Waals surface area contributed by atoms with Gasteiger partial charge in [-0.25, -0.2) is 15.0 Å². The molecule has 1 atom stereocenters. The molecular formula is C23H26N4O3. The second-order valence-electron chi connectivity index (χ2n) is 8.05. The van der Waals surface area contributed by atoms with Crippen LogP contribution in [0.25, 0.3) is 22.3 Å². The summed E-state index contributed by atoms with van der Waals surface area (Å²) < 4.78 is 10.9. The molecule has 7 nitrogen and oxygen atoms in total. The van der Waals surface area contributed by atoms with E-state index in [0.717, 1.165) is 58.9 Å². The van der Waals surface area contributed by atoms with Gasteiger partial charge in [0.05, 0.1) is 44.1 Å². The van der Waals surface area contributed by atoms with Gasteiger partial charge in [0.1, 0.15) is 17.4 Å². The van der Waals surface area contributed by atoms with E-state index in [-0.39, 0.29) is 12.6 Å². The van der Waals surface area contributed by atoms with Gasteiger partial charge in [-0.1, -0.05) is 0 Å². The molecular weight excluding hydrogens is 380 g/mol.